The topological polar surface area (TPSA) is 51.4 Å². The van der Waals surface area contributed by atoms with E-state index in [9.17, 15) is 13.2 Å². The quantitative estimate of drug-likeness (QED) is 0.808. The lowest BCUT2D eigenvalue weighted by Crippen LogP contribution is -2.25. The van der Waals surface area contributed by atoms with E-state index in [1.807, 2.05) is 4.90 Å². The van der Waals surface area contributed by atoms with Gasteiger partial charge in [0.2, 0.25) is 5.89 Å². The number of hydrogen-bond donors (Lipinski definition) is 0. The number of rotatable bonds is 4. The third-order valence-corrected chi connectivity index (χ3v) is 3.99. The van der Waals surface area contributed by atoms with Crippen molar-refractivity contribution >= 4 is 0 Å². The summed E-state index contributed by atoms with van der Waals surface area (Å²) in [5.74, 6) is -2.16. The normalized spacial score (nSPS) is 22.0. The molecule has 0 spiro atoms. The Balaban J connectivity index is 1.86. The van der Waals surface area contributed by atoms with Gasteiger partial charge in [-0.3, -0.25) is 4.90 Å². The molecule has 0 bridgehead atoms. The Morgan fingerprint density at radius 2 is 2.00 bits per heavy atom. The summed E-state index contributed by atoms with van der Waals surface area (Å²) in [5, 5.41) is 3.76. The molecule has 1 aromatic carbocycles. The Morgan fingerprint density at radius 3 is 2.65 bits per heavy atom. The molecular formula is C15H16F3N3O2. The Hall–Kier alpha value is -1.93. The van der Waals surface area contributed by atoms with Gasteiger partial charge in [0.1, 0.15) is 5.82 Å². The SMILES string of the molecule is CO[C@H]1C[C@H](c2nc(C)no2)N(Cc2cc(F)c(F)cc2F)C1. The van der Waals surface area contributed by atoms with Gasteiger partial charge in [0.05, 0.1) is 12.1 Å². The van der Waals surface area contributed by atoms with Gasteiger partial charge in [-0.2, -0.15) is 4.98 Å². The molecule has 1 saturated heterocycles. The highest BCUT2D eigenvalue weighted by atomic mass is 19.2. The molecule has 0 radical (unpaired) electrons. The minimum Gasteiger partial charge on any atom is -0.380 e. The summed E-state index contributed by atoms with van der Waals surface area (Å²) in [6.07, 6.45) is 0.518. The van der Waals surface area contributed by atoms with Crippen LogP contribution in [-0.4, -0.2) is 34.8 Å². The smallest absolute Gasteiger partial charge is 0.244 e. The Morgan fingerprint density at radius 1 is 1.26 bits per heavy atom. The Kier molecular flexibility index (Phi) is 4.36. The molecule has 0 N–H and O–H groups in total. The van der Waals surface area contributed by atoms with Gasteiger partial charge in [-0.15, -0.1) is 0 Å². The molecule has 0 amide bonds. The molecule has 124 valence electrons. The zero-order valence-corrected chi connectivity index (χ0v) is 12.7. The maximum Gasteiger partial charge on any atom is 0.244 e. The molecule has 1 fully saturated rings. The molecule has 1 aliphatic rings. The minimum absolute atomic E-state index is 0.0712. The van der Waals surface area contributed by atoms with Crippen LogP contribution in [0.15, 0.2) is 16.7 Å². The summed E-state index contributed by atoms with van der Waals surface area (Å²) in [5.41, 5.74) is 0.0712. The monoisotopic (exact) mass is 327 g/mol. The predicted molar refractivity (Wildman–Crippen MR) is 73.9 cm³/mol. The van der Waals surface area contributed by atoms with Gasteiger partial charge in [-0.05, 0) is 19.4 Å². The van der Waals surface area contributed by atoms with Gasteiger partial charge in [-0.1, -0.05) is 5.16 Å². The second-order valence-corrected chi connectivity index (χ2v) is 5.58. The molecule has 2 aromatic rings. The van der Waals surface area contributed by atoms with E-state index >= 15 is 0 Å². The Labute approximate surface area is 131 Å². The molecule has 5 nitrogen and oxygen atoms in total. The molecule has 8 heteroatoms. The molecular weight excluding hydrogens is 311 g/mol. The van der Waals surface area contributed by atoms with E-state index in [0.29, 0.717) is 30.7 Å². The van der Waals surface area contributed by atoms with Gasteiger partial charge in [0.15, 0.2) is 17.5 Å². The first-order chi connectivity index (χ1) is 11.0. The number of likely N-dealkylation sites (tertiary alicyclic amines) is 1. The van der Waals surface area contributed by atoms with Crippen molar-refractivity contribution in [3.8, 4) is 0 Å². The number of nitrogens with zero attached hydrogens (tertiary/aromatic N) is 3. The van der Waals surface area contributed by atoms with Crippen molar-refractivity contribution in [2.75, 3.05) is 13.7 Å². The third kappa shape index (κ3) is 3.23. The van der Waals surface area contributed by atoms with Crippen LogP contribution in [0.25, 0.3) is 0 Å². The second kappa shape index (κ2) is 6.29. The average Bonchev–Trinajstić information content (AvgIpc) is 3.10. The third-order valence-electron chi connectivity index (χ3n) is 3.99. The molecule has 2 heterocycles. The van der Waals surface area contributed by atoms with Crippen molar-refractivity contribution in [3.63, 3.8) is 0 Å². The van der Waals surface area contributed by atoms with Crippen LogP contribution >= 0.6 is 0 Å². The molecule has 1 aliphatic heterocycles. The first-order valence-corrected chi connectivity index (χ1v) is 7.18. The number of ether oxygens (including phenoxy) is 1. The van der Waals surface area contributed by atoms with Crippen LogP contribution in [0.3, 0.4) is 0 Å². The van der Waals surface area contributed by atoms with Gasteiger partial charge in [0.25, 0.3) is 0 Å². The van der Waals surface area contributed by atoms with Gasteiger partial charge in [0, 0.05) is 31.8 Å². The van der Waals surface area contributed by atoms with Crippen molar-refractivity contribution in [1.82, 2.24) is 15.0 Å². The standard InChI is InChI=1S/C15H16F3N3O2/c1-8-19-15(23-20-8)14-4-10(22-2)7-21(14)6-9-3-12(17)13(18)5-11(9)16/h3,5,10,14H,4,6-7H2,1-2H3/t10-,14+/m0/s1. The van der Waals surface area contributed by atoms with Crippen LogP contribution in [0, 0.1) is 24.4 Å². The van der Waals surface area contributed by atoms with Crippen molar-refractivity contribution in [2.45, 2.75) is 32.0 Å². The van der Waals surface area contributed by atoms with Crippen LogP contribution in [0.2, 0.25) is 0 Å². The van der Waals surface area contributed by atoms with Crippen LogP contribution < -0.4 is 0 Å². The fourth-order valence-corrected chi connectivity index (χ4v) is 2.82. The number of aromatic nitrogens is 2. The fraction of sp³-hybridized carbons (Fsp3) is 0.467. The average molecular weight is 327 g/mol. The fourth-order valence-electron chi connectivity index (χ4n) is 2.82. The van der Waals surface area contributed by atoms with E-state index in [1.54, 1.807) is 14.0 Å². The lowest BCUT2D eigenvalue weighted by molar-refractivity contribution is 0.107. The van der Waals surface area contributed by atoms with Gasteiger partial charge < -0.3 is 9.26 Å². The lowest BCUT2D eigenvalue weighted by atomic mass is 10.1. The summed E-state index contributed by atoms with van der Waals surface area (Å²) < 4.78 is 50.9. The van der Waals surface area contributed by atoms with E-state index < -0.39 is 17.5 Å². The summed E-state index contributed by atoms with van der Waals surface area (Å²) in [4.78, 5) is 6.06. The molecule has 1 aromatic heterocycles. The highest BCUT2D eigenvalue weighted by Crippen LogP contribution is 2.34. The van der Waals surface area contributed by atoms with E-state index in [4.69, 9.17) is 9.26 Å². The largest absolute Gasteiger partial charge is 0.380 e. The maximum atomic E-state index is 13.9. The number of benzene rings is 1. The first-order valence-electron chi connectivity index (χ1n) is 7.18. The summed E-state index contributed by atoms with van der Waals surface area (Å²) in [6.45, 7) is 2.30. The van der Waals surface area contributed by atoms with Crippen molar-refractivity contribution in [1.29, 1.82) is 0 Å². The van der Waals surface area contributed by atoms with Crippen LogP contribution in [0.5, 0.6) is 0 Å². The molecule has 0 aliphatic carbocycles. The molecule has 23 heavy (non-hydrogen) atoms. The zero-order valence-electron chi connectivity index (χ0n) is 12.7. The number of hydrogen-bond acceptors (Lipinski definition) is 5. The van der Waals surface area contributed by atoms with Gasteiger partial charge >= 0.3 is 0 Å². The van der Waals surface area contributed by atoms with Crippen molar-refractivity contribution < 1.29 is 22.4 Å². The lowest BCUT2D eigenvalue weighted by Gasteiger charge is -2.21. The number of halogens is 3. The first kappa shape index (κ1) is 15.9. The van der Waals surface area contributed by atoms with Crippen LogP contribution in [-0.2, 0) is 11.3 Å². The summed E-state index contributed by atoms with van der Waals surface area (Å²) >= 11 is 0. The zero-order chi connectivity index (χ0) is 16.6. The summed E-state index contributed by atoms with van der Waals surface area (Å²) in [6, 6.07) is 1.18. The van der Waals surface area contributed by atoms with Crippen LogP contribution in [0.1, 0.15) is 29.7 Å². The second-order valence-electron chi connectivity index (χ2n) is 5.58. The summed E-state index contributed by atoms with van der Waals surface area (Å²) in [7, 11) is 1.59. The highest BCUT2D eigenvalue weighted by molar-refractivity contribution is 5.20. The van der Waals surface area contributed by atoms with E-state index in [-0.39, 0.29) is 24.3 Å². The molecule has 2 atom stereocenters. The Bertz CT molecular complexity index is 707. The van der Waals surface area contributed by atoms with Crippen molar-refractivity contribution in [2.24, 2.45) is 0 Å². The molecule has 0 unspecified atom stereocenters. The molecule has 3 rings (SSSR count). The predicted octanol–water partition coefficient (Wildman–Crippen LogP) is 2.76. The minimum atomic E-state index is -1.20. The van der Waals surface area contributed by atoms with E-state index in [1.165, 1.54) is 0 Å². The van der Waals surface area contributed by atoms with Crippen molar-refractivity contribution in [3.05, 3.63) is 46.9 Å². The van der Waals surface area contributed by atoms with E-state index in [0.717, 1.165) is 6.07 Å². The molecule has 0 saturated carbocycles. The number of methoxy groups -OCH3 is 1. The van der Waals surface area contributed by atoms with E-state index in [2.05, 4.69) is 10.1 Å². The number of aryl methyl sites for hydroxylation is 1. The van der Waals surface area contributed by atoms with Crippen LogP contribution in [0.4, 0.5) is 13.2 Å². The van der Waals surface area contributed by atoms with Gasteiger partial charge in [-0.25, -0.2) is 13.2 Å². The maximum absolute atomic E-state index is 13.9. The highest BCUT2D eigenvalue weighted by Gasteiger charge is 2.37.